The summed E-state index contributed by atoms with van der Waals surface area (Å²) in [5, 5.41) is 4.02. The molecule has 2 aliphatic heterocycles. The molecule has 1 N–H and O–H groups in total. The molecule has 0 bridgehead atoms. The number of rotatable bonds is 6. The number of hydrogen-bond acceptors (Lipinski definition) is 7. The van der Waals surface area contributed by atoms with E-state index in [1.54, 1.807) is 6.20 Å². The smallest absolute Gasteiger partial charge is 0.257 e. The number of fused-ring (bicyclic) bond motifs is 1. The fourth-order valence-corrected chi connectivity index (χ4v) is 5.95. The van der Waals surface area contributed by atoms with Crippen molar-refractivity contribution in [3.05, 3.63) is 41.7 Å². The van der Waals surface area contributed by atoms with E-state index in [4.69, 9.17) is 4.74 Å². The number of nitrogens with one attached hydrogen (secondary N) is 1. The van der Waals surface area contributed by atoms with E-state index in [-0.39, 0.29) is 17.7 Å². The Morgan fingerprint density at radius 2 is 1.81 bits per heavy atom. The number of piperidine rings is 2. The van der Waals surface area contributed by atoms with Crippen LogP contribution in [0.2, 0.25) is 0 Å². The predicted molar refractivity (Wildman–Crippen MR) is 143 cm³/mol. The quantitative estimate of drug-likeness (QED) is 0.512. The van der Waals surface area contributed by atoms with Gasteiger partial charge in [-0.05, 0) is 81.7 Å². The van der Waals surface area contributed by atoms with E-state index in [1.807, 2.05) is 43.0 Å². The van der Waals surface area contributed by atoms with E-state index in [1.165, 1.54) is 18.0 Å². The van der Waals surface area contributed by atoms with Crippen LogP contribution in [-0.4, -0.2) is 58.9 Å². The number of carbonyl (C=O) groups is 2. The van der Waals surface area contributed by atoms with Crippen LogP contribution in [0.5, 0.6) is 5.75 Å². The zero-order valence-electron chi connectivity index (χ0n) is 21.0. The second-order valence-electron chi connectivity index (χ2n) is 9.53. The third kappa shape index (κ3) is 5.02. The van der Waals surface area contributed by atoms with Crippen LogP contribution < -0.4 is 15.0 Å². The Labute approximate surface area is 215 Å². The number of likely N-dealkylation sites (tertiary alicyclic amines) is 1. The molecule has 2 amide bonds. The summed E-state index contributed by atoms with van der Waals surface area (Å²) >= 11 is 1.37. The van der Waals surface area contributed by atoms with Crippen molar-refractivity contribution in [2.24, 2.45) is 5.92 Å². The first-order valence-electron chi connectivity index (χ1n) is 12.9. The molecular weight excluding hydrogens is 474 g/mol. The average Bonchev–Trinajstić information content (AvgIpc) is 3.30. The zero-order chi connectivity index (χ0) is 25.1. The number of anilines is 2. The van der Waals surface area contributed by atoms with Gasteiger partial charge in [-0.15, -0.1) is 0 Å². The molecule has 36 heavy (non-hydrogen) atoms. The lowest BCUT2D eigenvalue weighted by Gasteiger charge is -2.35. The average molecular weight is 508 g/mol. The van der Waals surface area contributed by atoms with Crippen molar-refractivity contribution in [2.45, 2.75) is 46.0 Å². The monoisotopic (exact) mass is 507 g/mol. The molecule has 9 heteroatoms. The van der Waals surface area contributed by atoms with Crippen molar-refractivity contribution in [3.63, 3.8) is 0 Å². The summed E-state index contributed by atoms with van der Waals surface area (Å²) in [6.45, 7) is 7.54. The maximum Gasteiger partial charge on any atom is 0.257 e. The van der Waals surface area contributed by atoms with Crippen molar-refractivity contribution in [3.8, 4) is 5.75 Å². The minimum absolute atomic E-state index is 0.0386. The molecule has 0 atom stereocenters. The van der Waals surface area contributed by atoms with E-state index in [0.29, 0.717) is 25.3 Å². The number of aromatic nitrogens is 2. The van der Waals surface area contributed by atoms with Crippen LogP contribution in [0.25, 0.3) is 10.2 Å². The predicted octanol–water partition coefficient (Wildman–Crippen LogP) is 4.88. The molecule has 2 fully saturated rings. The lowest BCUT2D eigenvalue weighted by molar-refractivity contribution is -0.120. The molecule has 5 rings (SSSR count). The number of benzene rings is 1. The maximum absolute atomic E-state index is 13.6. The third-order valence-electron chi connectivity index (χ3n) is 7.14. The molecule has 2 aromatic heterocycles. The Bertz CT molecular complexity index is 1230. The summed E-state index contributed by atoms with van der Waals surface area (Å²) < 4.78 is 10.0. The highest BCUT2D eigenvalue weighted by molar-refractivity contribution is 7.13. The van der Waals surface area contributed by atoms with Crippen LogP contribution in [0.1, 0.15) is 55.1 Å². The molecule has 0 aliphatic carbocycles. The van der Waals surface area contributed by atoms with Crippen LogP contribution in [0, 0.1) is 12.8 Å². The van der Waals surface area contributed by atoms with Crippen LogP contribution in [-0.2, 0) is 4.79 Å². The van der Waals surface area contributed by atoms with Crippen molar-refractivity contribution in [1.29, 1.82) is 0 Å². The van der Waals surface area contributed by atoms with Gasteiger partial charge < -0.3 is 19.9 Å². The molecule has 0 radical (unpaired) electrons. The molecule has 0 unspecified atom stereocenters. The van der Waals surface area contributed by atoms with E-state index < -0.39 is 0 Å². The molecule has 3 aromatic rings. The molecule has 8 nitrogen and oxygen atoms in total. The Morgan fingerprint density at radius 1 is 1.08 bits per heavy atom. The Balaban J connectivity index is 1.32. The lowest BCUT2D eigenvalue weighted by Crippen LogP contribution is -2.40. The first-order valence-corrected chi connectivity index (χ1v) is 13.7. The maximum atomic E-state index is 13.6. The number of amides is 2. The Morgan fingerprint density at radius 3 is 2.50 bits per heavy atom. The van der Waals surface area contributed by atoms with Gasteiger partial charge in [0.1, 0.15) is 10.6 Å². The van der Waals surface area contributed by atoms with Gasteiger partial charge in [0.05, 0.1) is 28.9 Å². The zero-order valence-corrected chi connectivity index (χ0v) is 21.8. The Kier molecular flexibility index (Phi) is 7.36. The summed E-state index contributed by atoms with van der Waals surface area (Å²) in [6, 6.07) is 7.48. The van der Waals surface area contributed by atoms with Crippen molar-refractivity contribution >= 4 is 44.9 Å². The first-order chi connectivity index (χ1) is 17.5. The van der Waals surface area contributed by atoms with Gasteiger partial charge in [0.25, 0.3) is 5.91 Å². The molecular formula is C27H33N5O3S. The minimum Gasteiger partial charge on any atom is -0.494 e. The standard InChI is InChI=1S/C27H33N5O3S/c1-3-35-21-9-7-20(8-10-21)29-25(33)19-11-15-31(16-12-19)24-22(27(34)32-13-5-4-6-14-32)17-28-26-23(24)18(2)30-36-26/h7-10,17,19H,3-6,11-16H2,1-2H3,(H,29,33). The number of pyridine rings is 1. The van der Waals surface area contributed by atoms with E-state index in [2.05, 4.69) is 19.6 Å². The summed E-state index contributed by atoms with van der Waals surface area (Å²) in [5.41, 5.74) is 3.27. The summed E-state index contributed by atoms with van der Waals surface area (Å²) in [7, 11) is 0. The number of carbonyl (C=O) groups excluding carboxylic acids is 2. The van der Waals surface area contributed by atoms with E-state index in [0.717, 1.165) is 71.8 Å². The van der Waals surface area contributed by atoms with Gasteiger partial charge in [0.15, 0.2) is 0 Å². The van der Waals surface area contributed by atoms with Gasteiger partial charge in [0, 0.05) is 44.0 Å². The number of aryl methyl sites for hydroxylation is 1. The fraction of sp³-hybridized carbons (Fsp3) is 0.481. The van der Waals surface area contributed by atoms with Gasteiger partial charge in [-0.2, -0.15) is 4.37 Å². The summed E-state index contributed by atoms with van der Waals surface area (Å²) in [5.74, 6) is 0.811. The molecule has 190 valence electrons. The van der Waals surface area contributed by atoms with Crippen LogP contribution >= 0.6 is 11.5 Å². The second-order valence-corrected chi connectivity index (χ2v) is 10.3. The molecule has 4 heterocycles. The van der Waals surface area contributed by atoms with Gasteiger partial charge in [0.2, 0.25) is 5.91 Å². The number of ether oxygens (including phenoxy) is 1. The summed E-state index contributed by atoms with van der Waals surface area (Å²) in [6.07, 6.45) is 6.45. The molecule has 2 saturated heterocycles. The summed E-state index contributed by atoms with van der Waals surface area (Å²) in [4.78, 5) is 36.2. The van der Waals surface area contributed by atoms with E-state index >= 15 is 0 Å². The largest absolute Gasteiger partial charge is 0.494 e. The van der Waals surface area contributed by atoms with Crippen LogP contribution in [0.3, 0.4) is 0 Å². The third-order valence-corrected chi connectivity index (χ3v) is 7.98. The highest BCUT2D eigenvalue weighted by atomic mass is 32.1. The number of hydrogen-bond donors (Lipinski definition) is 1. The van der Waals surface area contributed by atoms with Crippen LogP contribution in [0.4, 0.5) is 11.4 Å². The molecule has 0 saturated carbocycles. The molecule has 0 spiro atoms. The van der Waals surface area contributed by atoms with Gasteiger partial charge in [-0.1, -0.05) is 0 Å². The minimum atomic E-state index is -0.0758. The fourth-order valence-electron chi connectivity index (χ4n) is 5.20. The molecule has 1 aromatic carbocycles. The lowest BCUT2D eigenvalue weighted by atomic mass is 9.94. The topological polar surface area (TPSA) is 87.7 Å². The Hall–Kier alpha value is -3.20. The molecule has 2 aliphatic rings. The SMILES string of the molecule is CCOc1ccc(NC(=O)C2CCN(c3c(C(=O)N4CCCCC4)cnc4snc(C)c34)CC2)cc1. The van der Waals surface area contributed by atoms with Gasteiger partial charge >= 0.3 is 0 Å². The van der Waals surface area contributed by atoms with Gasteiger partial charge in [-0.3, -0.25) is 9.59 Å². The first kappa shape index (κ1) is 24.5. The highest BCUT2D eigenvalue weighted by Gasteiger charge is 2.31. The highest BCUT2D eigenvalue weighted by Crippen LogP contribution is 2.37. The second kappa shape index (κ2) is 10.8. The van der Waals surface area contributed by atoms with Crippen molar-refractivity contribution in [1.82, 2.24) is 14.3 Å². The van der Waals surface area contributed by atoms with Gasteiger partial charge in [-0.25, -0.2) is 4.98 Å². The van der Waals surface area contributed by atoms with Crippen molar-refractivity contribution < 1.29 is 14.3 Å². The van der Waals surface area contributed by atoms with Crippen molar-refractivity contribution in [2.75, 3.05) is 43.0 Å². The number of nitrogens with zero attached hydrogens (tertiary/aromatic N) is 4. The van der Waals surface area contributed by atoms with E-state index in [9.17, 15) is 9.59 Å². The van der Waals surface area contributed by atoms with Crippen LogP contribution in [0.15, 0.2) is 30.5 Å². The normalized spacial score (nSPS) is 16.8.